The predicted molar refractivity (Wildman–Crippen MR) is 118 cm³/mol. The molecule has 0 saturated heterocycles. The highest BCUT2D eigenvalue weighted by Gasteiger charge is 2.23. The van der Waals surface area contributed by atoms with Gasteiger partial charge in [-0.2, -0.15) is 0 Å². The molecule has 0 spiro atoms. The van der Waals surface area contributed by atoms with E-state index in [0.29, 0.717) is 13.1 Å². The maximum atomic E-state index is 13.3. The van der Waals surface area contributed by atoms with E-state index in [-0.39, 0.29) is 18.3 Å². The Labute approximate surface area is 177 Å². The molecule has 3 aromatic rings. The molecule has 1 atom stereocenters. The van der Waals surface area contributed by atoms with Gasteiger partial charge >= 0.3 is 5.97 Å². The number of nitrogens with zero attached hydrogens (tertiary/aromatic N) is 2. The number of pyridine rings is 1. The third-order valence-corrected chi connectivity index (χ3v) is 5.48. The molecule has 0 N–H and O–H groups in total. The first-order valence-electron chi connectivity index (χ1n) is 10.1. The van der Waals surface area contributed by atoms with Crippen LogP contribution in [0.3, 0.4) is 0 Å². The molecule has 0 fully saturated rings. The first-order valence-corrected chi connectivity index (χ1v) is 10.1. The van der Waals surface area contributed by atoms with E-state index in [0.717, 1.165) is 33.3 Å². The fourth-order valence-electron chi connectivity index (χ4n) is 3.76. The van der Waals surface area contributed by atoms with Crippen LogP contribution in [0, 0.1) is 19.8 Å². The second-order valence-corrected chi connectivity index (χ2v) is 7.68. The molecule has 1 heterocycles. The predicted octanol–water partition coefficient (Wildman–Crippen LogP) is 4.23. The third kappa shape index (κ3) is 4.85. The monoisotopic (exact) mass is 404 g/mol. The van der Waals surface area contributed by atoms with Crippen molar-refractivity contribution in [1.82, 2.24) is 9.88 Å². The molecule has 0 bridgehead atoms. The summed E-state index contributed by atoms with van der Waals surface area (Å²) in [6.45, 7) is 6.52. The molecule has 0 radical (unpaired) electrons. The van der Waals surface area contributed by atoms with E-state index >= 15 is 0 Å². The number of aromatic nitrogens is 1. The third-order valence-electron chi connectivity index (χ3n) is 5.48. The summed E-state index contributed by atoms with van der Waals surface area (Å²) < 4.78 is 4.86. The van der Waals surface area contributed by atoms with Crippen molar-refractivity contribution in [3.8, 4) is 0 Å². The van der Waals surface area contributed by atoms with E-state index < -0.39 is 5.92 Å². The lowest BCUT2D eigenvalue weighted by Crippen LogP contribution is -2.38. The fourth-order valence-corrected chi connectivity index (χ4v) is 3.76. The largest absolute Gasteiger partial charge is 0.469 e. The lowest BCUT2D eigenvalue weighted by atomic mass is 9.98. The van der Waals surface area contributed by atoms with Crippen LogP contribution in [-0.4, -0.2) is 35.4 Å². The van der Waals surface area contributed by atoms with Crippen molar-refractivity contribution < 1.29 is 14.3 Å². The highest BCUT2D eigenvalue weighted by molar-refractivity contribution is 5.86. The molecule has 0 aliphatic rings. The first-order chi connectivity index (χ1) is 14.4. The molecular weight excluding hydrogens is 376 g/mol. The Hall–Kier alpha value is -3.21. The highest BCUT2D eigenvalue weighted by atomic mass is 16.5. The summed E-state index contributed by atoms with van der Waals surface area (Å²) in [4.78, 5) is 31.7. The second kappa shape index (κ2) is 9.53. The number of fused-ring (bicyclic) bond motifs is 1. The summed E-state index contributed by atoms with van der Waals surface area (Å²) in [7, 11) is 1.37. The number of methoxy groups -OCH3 is 1. The van der Waals surface area contributed by atoms with Crippen LogP contribution in [0.15, 0.2) is 54.6 Å². The molecule has 5 heteroatoms. The second-order valence-electron chi connectivity index (χ2n) is 7.68. The van der Waals surface area contributed by atoms with E-state index in [9.17, 15) is 9.59 Å². The zero-order valence-electron chi connectivity index (χ0n) is 18.0. The first kappa shape index (κ1) is 21.5. The standard InChI is InChI=1S/C25H28N2O3/c1-17(25(29)30-4)15-27(16-20-10-6-5-7-11-20)24(28)14-22-18(2)21-12-8-9-13-23(21)26-19(22)3/h5-13,17H,14-16H2,1-4H3. The summed E-state index contributed by atoms with van der Waals surface area (Å²) in [5.74, 6) is -0.752. The van der Waals surface area contributed by atoms with Crippen LogP contribution in [-0.2, 0) is 27.3 Å². The van der Waals surface area contributed by atoms with Gasteiger partial charge in [-0.25, -0.2) is 0 Å². The van der Waals surface area contributed by atoms with Crippen LogP contribution in [0.25, 0.3) is 10.9 Å². The molecule has 1 amide bonds. The SMILES string of the molecule is COC(=O)C(C)CN(Cc1ccccc1)C(=O)Cc1c(C)nc2ccccc2c1C. The Morgan fingerprint density at radius 2 is 1.70 bits per heavy atom. The Morgan fingerprint density at radius 1 is 1.03 bits per heavy atom. The van der Waals surface area contributed by atoms with E-state index in [1.807, 2.05) is 68.4 Å². The molecule has 30 heavy (non-hydrogen) atoms. The summed E-state index contributed by atoms with van der Waals surface area (Å²) in [5, 5.41) is 1.06. The maximum Gasteiger partial charge on any atom is 0.310 e. The lowest BCUT2D eigenvalue weighted by molar-refractivity contribution is -0.146. The topological polar surface area (TPSA) is 59.5 Å². The molecule has 3 rings (SSSR count). The van der Waals surface area contributed by atoms with Gasteiger partial charge in [0.15, 0.2) is 0 Å². The number of amides is 1. The molecular formula is C25H28N2O3. The highest BCUT2D eigenvalue weighted by Crippen LogP contribution is 2.24. The fraction of sp³-hybridized carbons (Fsp3) is 0.320. The summed E-state index contributed by atoms with van der Waals surface area (Å²) in [5.41, 5.74) is 4.84. The average Bonchev–Trinajstić information content (AvgIpc) is 2.76. The number of aryl methyl sites for hydroxylation is 2. The molecule has 156 valence electrons. The van der Waals surface area contributed by atoms with Gasteiger partial charge in [0.05, 0.1) is 25.0 Å². The lowest BCUT2D eigenvalue weighted by Gasteiger charge is -2.26. The van der Waals surface area contributed by atoms with Crippen LogP contribution in [0.1, 0.15) is 29.3 Å². The van der Waals surface area contributed by atoms with Crippen LogP contribution >= 0.6 is 0 Å². The van der Waals surface area contributed by atoms with E-state index in [2.05, 4.69) is 0 Å². The van der Waals surface area contributed by atoms with Crippen molar-refractivity contribution in [1.29, 1.82) is 0 Å². The Morgan fingerprint density at radius 3 is 2.40 bits per heavy atom. The van der Waals surface area contributed by atoms with Crippen molar-refractivity contribution in [2.24, 2.45) is 5.92 Å². The number of para-hydroxylation sites is 1. The number of carbonyl (C=O) groups is 2. The zero-order chi connectivity index (χ0) is 21.7. The number of esters is 1. The van der Waals surface area contributed by atoms with Gasteiger partial charge in [0.25, 0.3) is 0 Å². The zero-order valence-corrected chi connectivity index (χ0v) is 18.0. The summed E-state index contributed by atoms with van der Waals surface area (Å²) >= 11 is 0. The van der Waals surface area contributed by atoms with Crippen molar-refractivity contribution in [2.75, 3.05) is 13.7 Å². The molecule has 0 aliphatic heterocycles. The van der Waals surface area contributed by atoms with Gasteiger partial charge in [0.1, 0.15) is 0 Å². The van der Waals surface area contributed by atoms with E-state index in [4.69, 9.17) is 9.72 Å². The van der Waals surface area contributed by atoms with E-state index in [1.165, 1.54) is 7.11 Å². The van der Waals surface area contributed by atoms with Crippen molar-refractivity contribution in [2.45, 2.75) is 33.7 Å². The normalized spacial score (nSPS) is 11.9. The van der Waals surface area contributed by atoms with Gasteiger partial charge in [0, 0.05) is 24.2 Å². The maximum absolute atomic E-state index is 13.3. The van der Waals surface area contributed by atoms with Crippen LogP contribution in [0.2, 0.25) is 0 Å². The molecule has 2 aromatic carbocycles. The minimum absolute atomic E-state index is 0.0297. The number of rotatable bonds is 7. The quantitative estimate of drug-likeness (QED) is 0.553. The molecule has 5 nitrogen and oxygen atoms in total. The minimum atomic E-state index is -0.403. The molecule has 0 saturated carbocycles. The van der Waals surface area contributed by atoms with Crippen LogP contribution in [0.5, 0.6) is 0 Å². The van der Waals surface area contributed by atoms with Gasteiger partial charge in [-0.05, 0) is 36.6 Å². The smallest absolute Gasteiger partial charge is 0.310 e. The number of ether oxygens (including phenoxy) is 1. The summed E-state index contributed by atoms with van der Waals surface area (Å²) in [6.07, 6.45) is 0.246. The van der Waals surface area contributed by atoms with Gasteiger partial charge < -0.3 is 9.64 Å². The Kier molecular flexibility index (Phi) is 6.83. The van der Waals surface area contributed by atoms with Gasteiger partial charge in [-0.3, -0.25) is 14.6 Å². The summed E-state index contributed by atoms with van der Waals surface area (Å²) in [6, 6.07) is 17.8. The number of benzene rings is 2. The molecule has 1 unspecified atom stereocenters. The Bertz CT molecular complexity index is 1050. The van der Waals surface area contributed by atoms with E-state index in [1.54, 1.807) is 11.8 Å². The average molecular weight is 405 g/mol. The molecule has 1 aromatic heterocycles. The minimum Gasteiger partial charge on any atom is -0.469 e. The number of hydrogen-bond acceptors (Lipinski definition) is 4. The molecule has 0 aliphatic carbocycles. The van der Waals surface area contributed by atoms with Gasteiger partial charge in [0.2, 0.25) is 5.91 Å². The van der Waals surface area contributed by atoms with Crippen molar-refractivity contribution in [3.63, 3.8) is 0 Å². The Balaban J connectivity index is 1.89. The van der Waals surface area contributed by atoms with Crippen LogP contribution in [0.4, 0.5) is 0 Å². The van der Waals surface area contributed by atoms with Crippen LogP contribution < -0.4 is 0 Å². The number of hydrogen-bond donors (Lipinski definition) is 0. The van der Waals surface area contributed by atoms with Crippen molar-refractivity contribution >= 4 is 22.8 Å². The number of carbonyl (C=O) groups excluding carboxylic acids is 2. The van der Waals surface area contributed by atoms with Gasteiger partial charge in [-0.1, -0.05) is 55.5 Å². The van der Waals surface area contributed by atoms with Crippen molar-refractivity contribution in [3.05, 3.63) is 77.0 Å². The van der Waals surface area contributed by atoms with Gasteiger partial charge in [-0.15, -0.1) is 0 Å².